The van der Waals surface area contributed by atoms with E-state index < -0.39 is 0 Å². The molecule has 33 heavy (non-hydrogen) atoms. The maximum absolute atomic E-state index is 8.92. The van der Waals surface area contributed by atoms with Crippen molar-refractivity contribution in [1.29, 1.82) is 0 Å². The lowest BCUT2D eigenvalue weighted by Crippen LogP contribution is -1.99. The zero-order valence-corrected chi connectivity index (χ0v) is 23.7. The van der Waals surface area contributed by atoms with E-state index in [1.807, 2.05) is 0 Å². The predicted octanol–water partition coefficient (Wildman–Crippen LogP) is 10.5. The van der Waals surface area contributed by atoms with Crippen molar-refractivity contribution in [2.75, 3.05) is 6.61 Å². The van der Waals surface area contributed by atoms with Crippen molar-refractivity contribution in [3.05, 3.63) is 24.3 Å². The van der Waals surface area contributed by atoms with Gasteiger partial charge in [0.25, 0.3) is 0 Å². The van der Waals surface area contributed by atoms with Crippen LogP contribution < -0.4 is 0 Å². The molecule has 0 aromatic rings. The van der Waals surface area contributed by atoms with Crippen LogP contribution in [0.2, 0.25) is 0 Å². The predicted molar refractivity (Wildman–Crippen MR) is 151 cm³/mol. The first-order valence-electron chi connectivity index (χ1n) is 14.8. The van der Waals surface area contributed by atoms with Gasteiger partial charge < -0.3 is 5.11 Å². The number of rotatable bonds is 23. The maximum Gasteiger partial charge on any atom is 0.0431 e. The fourth-order valence-corrected chi connectivity index (χ4v) is 4.77. The molecule has 0 bridgehead atoms. The Balaban J connectivity index is 3.76. The lowest BCUT2D eigenvalue weighted by Gasteiger charge is -2.13. The molecule has 196 valence electrons. The Morgan fingerprint density at radius 3 is 1.48 bits per heavy atom. The van der Waals surface area contributed by atoms with Crippen molar-refractivity contribution in [3.63, 3.8) is 0 Å². The molecule has 1 nitrogen and oxygen atoms in total. The number of unbranched alkanes of at least 4 members (excludes halogenated alkanes) is 4. The van der Waals surface area contributed by atoms with Crippen molar-refractivity contribution in [1.82, 2.24) is 0 Å². The van der Waals surface area contributed by atoms with Gasteiger partial charge in [-0.3, -0.25) is 0 Å². The van der Waals surface area contributed by atoms with Crippen LogP contribution in [0.3, 0.4) is 0 Å². The van der Waals surface area contributed by atoms with Crippen molar-refractivity contribution in [2.24, 2.45) is 29.6 Å². The van der Waals surface area contributed by atoms with Crippen molar-refractivity contribution < 1.29 is 5.11 Å². The average molecular weight is 463 g/mol. The highest BCUT2D eigenvalue weighted by atomic mass is 16.2. The molecule has 0 spiro atoms. The third-order valence-electron chi connectivity index (χ3n) is 7.37. The van der Waals surface area contributed by atoms with Crippen LogP contribution in [0.1, 0.15) is 144 Å². The summed E-state index contributed by atoms with van der Waals surface area (Å²) >= 11 is 0. The third kappa shape index (κ3) is 23.0. The molecule has 1 N–H and O–H groups in total. The van der Waals surface area contributed by atoms with Gasteiger partial charge in [0, 0.05) is 6.61 Å². The summed E-state index contributed by atoms with van der Waals surface area (Å²) in [6.07, 6.45) is 30.9. The summed E-state index contributed by atoms with van der Waals surface area (Å²) in [7, 11) is 0. The Morgan fingerprint density at radius 1 is 0.515 bits per heavy atom. The molecular formula is C32H62O. The van der Waals surface area contributed by atoms with Crippen molar-refractivity contribution >= 4 is 0 Å². The Bertz CT molecular complexity index is 451. The van der Waals surface area contributed by atoms with Crippen LogP contribution in [0, 0.1) is 29.6 Å². The molecule has 0 aromatic carbocycles. The average Bonchev–Trinajstić information content (AvgIpc) is 2.77. The van der Waals surface area contributed by atoms with E-state index in [4.69, 9.17) is 5.11 Å². The van der Waals surface area contributed by atoms with E-state index in [2.05, 4.69) is 65.8 Å². The van der Waals surface area contributed by atoms with E-state index in [1.54, 1.807) is 0 Å². The minimum Gasteiger partial charge on any atom is -0.396 e. The summed E-state index contributed by atoms with van der Waals surface area (Å²) in [5.41, 5.74) is 0. The van der Waals surface area contributed by atoms with Gasteiger partial charge in [0.1, 0.15) is 0 Å². The molecule has 1 heteroatoms. The van der Waals surface area contributed by atoms with Crippen LogP contribution in [-0.4, -0.2) is 11.7 Å². The molecule has 0 radical (unpaired) electrons. The molecule has 0 rings (SSSR count). The molecule has 0 saturated carbocycles. The Kier molecular flexibility index (Phi) is 22.8. The second kappa shape index (κ2) is 23.2. The topological polar surface area (TPSA) is 20.2 Å². The molecule has 0 heterocycles. The molecule has 0 aromatic heterocycles. The van der Waals surface area contributed by atoms with Crippen LogP contribution in [0.5, 0.6) is 0 Å². The second-order valence-corrected chi connectivity index (χ2v) is 11.5. The molecule has 0 unspecified atom stereocenters. The van der Waals surface area contributed by atoms with E-state index >= 15 is 0 Å². The third-order valence-corrected chi connectivity index (χ3v) is 7.37. The van der Waals surface area contributed by atoms with E-state index in [0.29, 0.717) is 18.4 Å². The summed E-state index contributed by atoms with van der Waals surface area (Å²) < 4.78 is 0. The first kappa shape index (κ1) is 32.4. The fourth-order valence-electron chi connectivity index (χ4n) is 4.77. The number of allylic oxidation sites excluding steroid dienone is 4. The van der Waals surface area contributed by atoms with Crippen LogP contribution in [-0.2, 0) is 0 Å². The van der Waals surface area contributed by atoms with Crippen molar-refractivity contribution in [2.45, 2.75) is 144 Å². The van der Waals surface area contributed by atoms with Gasteiger partial charge in [0.15, 0.2) is 0 Å². The number of hydrogen-bond acceptors (Lipinski definition) is 1. The minimum absolute atomic E-state index is 0.329. The van der Waals surface area contributed by atoms with Gasteiger partial charge >= 0.3 is 0 Å². The molecule has 0 saturated heterocycles. The molecule has 0 amide bonds. The van der Waals surface area contributed by atoms with Crippen molar-refractivity contribution in [3.8, 4) is 0 Å². The van der Waals surface area contributed by atoms with Gasteiger partial charge in [0.2, 0.25) is 0 Å². The lowest BCUT2D eigenvalue weighted by atomic mass is 9.93. The highest BCUT2D eigenvalue weighted by molar-refractivity contribution is 4.89. The zero-order chi connectivity index (χ0) is 24.7. The number of aliphatic hydroxyl groups excluding tert-OH is 1. The summed E-state index contributed by atoms with van der Waals surface area (Å²) in [5.74, 6) is 3.83. The highest BCUT2D eigenvalue weighted by Crippen LogP contribution is 2.21. The maximum atomic E-state index is 8.92. The summed E-state index contributed by atoms with van der Waals surface area (Å²) in [6.45, 7) is 14.5. The second-order valence-electron chi connectivity index (χ2n) is 11.5. The first-order valence-corrected chi connectivity index (χ1v) is 14.8. The molecule has 0 aliphatic heterocycles. The molecule has 0 aliphatic rings. The van der Waals surface area contributed by atoms with E-state index in [1.165, 1.54) is 83.5 Å². The molecule has 5 atom stereocenters. The summed E-state index contributed by atoms with van der Waals surface area (Å²) in [6, 6.07) is 0. The quantitative estimate of drug-likeness (QED) is 0.118. The normalized spacial score (nSPS) is 16.9. The van der Waals surface area contributed by atoms with Crippen LogP contribution in [0.4, 0.5) is 0 Å². The standard InChI is InChI=1S/C32H62O/c1-7-8-9-10-11-17-28(2)18-12-19-29(3)20-13-21-30(4)22-14-23-31(5)24-15-25-32(6)26-16-27-33/h13,15,20,24,28-33H,7-12,14,16-19,21-23,25-27H2,1-6H3/b20-13+,24-15+/t28-,29-,30-,31-,32-/m0/s1. The van der Waals surface area contributed by atoms with Crippen LogP contribution >= 0.6 is 0 Å². The van der Waals surface area contributed by atoms with Gasteiger partial charge in [-0.15, -0.1) is 0 Å². The Hall–Kier alpha value is -0.560. The monoisotopic (exact) mass is 462 g/mol. The number of hydrogen-bond donors (Lipinski definition) is 1. The van der Waals surface area contributed by atoms with E-state index in [0.717, 1.165) is 37.0 Å². The van der Waals surface area contributed by atoms with Crippen LogP contribution in [0.25, 0.3) is 0 Å². The first-order chi connectivity index (χ1) is 15.9. The van der Waals surface area contributed by atoms with Gasteiger partial charge in [-0.05, 0) is 68.1 Å². The summed E-state index contributed by atoms with van der Waals surface area (Å²) in [4.78, 5) is 0. The van der Waals surface area contributed by atoms with Gasteiger partial charge in [-0.25, -0.2) is 0 Å². The number of aliphatic hydroxyl groups is 1. The Labute approximate surface area is 209 Å². The lowest BCUT2D eigenvalue weighted by molar-refractivity contribution is 0.274. The summed E-state index contributed by atoms with van der Waals surface area (Å²) in [5, 5.41) is 8.92. The molecular weight excluding hydrogens is 400 g/mol. The van der Waals surface area contributed by atoms with Gasteiger partial charge in [0.05, 0.1) is 0 Å². The minimum atomic E-state index is 0.329. The largest absolute Gasteiger partial charge is 0.396 e. The van der Waals surface area contributed by atoms with E-state index in [9.17, 15) is 0 Å². The molecule has 0 aliphatic carbocycles. The highest BCUT2D eigenvalue weighted by Gasteiger charge is 2.06. The Morgan fingerprint density at radius 2 is 0.970 bits per heavy atom. The van der Waals surface area contributed by atoms with Gasteiger partial charge in [-0.2, -0.15) is 0 Å². The van der Waals surface area contributed by atoms with Crippen LogP contribution in [0.15, 0.2) is 24.3 Å². The fraction of sp³-hybridized carbons (Fsp3) is 0.875. The SMILES string of the molecule is CCCCCCC[C@H](C)CCC[C@H](C)/C=C/C[C@H](C)CCC[C@H](C)/C=C/C[C@H](C)CCCO. The molecule has 0 fully saturated rings. The van der Waals surface area contributed by atoms with Gasteiger partial charge in [-0.1, -0.05) is 130 Å². The smallest absolute Gasteiger partial charge is 0.0431 e. The van der Waals surface area contributed by atoms with E-state index in [-0.39, 0.29) is 0 Å². The zero-order valence-electron chi connectivity index (χ0n) is 23.7.